The lowest BCUT2D eigenvalue weighted by molar-refractivity contribution is 0.413. The van der Waals surface area contributed by atoms with Crippen molar-refractivity contribution in [3.8, 4) is 5.75 Å². The zero-order valence-electron chi connectivity index (χ0n) is 9.06. The lowest BCUT2D eigenvalue weighted by Crippen LogP contribution is -1.90. The van der Waals surface area contributed by atoms with Gasteiger partial charge in [-0.15, -0.1) is 0 Å². The van der Waals surface area contributed by atoms with Crippen LogP contribution in [0.1, 0.15) is 5.69 Å². The Kier molecular flexibility index (Phi) is 3.05. The average molecular weight is 236 g/mol. The van der Waals surface area contributed by atoms with Gasteiger partial charge in [-0.2, -0.15) is 0 Å². The molecule has 0 spiro atoms. The van der Waals surface area contributed by atoms with Gasteiger partial charge in [0.1, 0.15) is 12.0 Å². The quantitative estimate of drug-likeness (QED) is 0.830. The molecule has 1 heterocycles. The third-order valence-electron chi connectivity index (χ3n) is 2.02. The molecule has 4 nitrogen and oxygen atoms in total. The predicted molar refractivity (Wildman–Crippen MR) is 62.8 cm³/mol. The highest BCUT2D eigenvalue weighted by atomic mass is 32.2. The Labute approximate surface area is 97.8 Å². The van der Waals surface area contributed by atoms with E-state index in [1.165, 1.54) is 11.8 Å². The van der Waals surface area contributed by atoms with Gasteiger partial charge < -0.3 is 14.9 Å². The van der Waals surface area contributed by atoms with Gasteiger partial charge in [0.15, 0.2) is 0 Å². The monoisotopic (exact) mass is 236 g/mol. The van der Waals surface area contributed by atoms with E-state index in [0.29, 0.717) is 10.9 Å². The first-order valence-electron chi connectivity index (χ1n) is 4.72. The smallest absolute Gasteiger partial charge is 0.260 e. The number of benzene rings is 1. The van der Waals surface area contributed by atoms with E-state index in [2.05, 4.69) is 4.98 Å². The Morgan fingerprint density at radius 2 is 2.25 bits per heavy atom. The van der Waals surface area contributed by atoms with E-state index in [1.54, 1.807) is 19.4 Å². The predicted octanol–water partition coefficient (Wildman–Crippen LogP) is 2.73. The molecule has 0 saturated carbocycles. The summed E-state index contributed by atoms with van der Waals surface area (Å²) >= 11 is 1.38. The van der Waals surface area contributed by atoms with Crippen LogP contribution in [0.3, 0.4) is 0 Å². The molecule has 0 unspecified atom stereocenters. The maximum absolute atomic E-state index is 5.85. The van der Waals surface area contributed by atoms with Crippen molar-refractivity contribution in [1.29, 1.82) is 0 Å². The van der Waals surface area contributed by atoms with Crippen LogP contribution in [0.4, 0.5) is 5.69 Å². The van der Waals surface area contributed by atoms with Crippen LogP contribution in [-0.4, -0.2) is 12.1 Å². The van der Waals surface area contributed by atoms with Crippen molar-refractivity contribution in [2.45, 2.75) is 17.0 Å². The van der Waals surface area contributed by atoms with Crippen molar-refractivity contribution in [1.82, 2.24) is 4.98 Å². The van der Waals surface area contributed by atoms with E-state index in [1.807, 2.05) is 19.1 Å². The Hall–Kier alpha value is -1.62. The van der Waals surface area contributed by atoms with Crippen molar-refractivity contribution < 1.29 is 9.15 Å². The van der Waals surface area contributed by atoms with Crippen LogP contribution in [0, 0.1) is 6.92 Å². The minimum Gasteiger partial charge on any atom is -0.497 e. The van der Waals surface area contributed by atoms with E-state index in [9.17, 15) is 0 Å². The maximum Gasteiger partial charge on any atom is 0.260 e. The zero-order valence-corrected chi connectivity index (χ0v) is 9.88. The molecule has 84 valence electrons. The normalized spacial score (nSPS) is 10.4. The van der Waals surface area contributed by atoms with Gasteiger partial charge in [-0.05, 0) is 36.9 Å². The van der Waals surface area contributed by atoms with Crippen LogP contribution in [0.5, 0.6) is 5.75 Å². The second kappa shape index (κ2) is 4.49. The molecule has 2 aromatic rings. The second-order valence-corrected chi connectivity index (χ2v) is 4.25. The molecular formula is C11H12N2O2S. The summed E-state index contributed by atoms with van der Waals surface area (Å²) in [7, 11) is 1.62. The average Bonchev–Trinajstić information content (AvgIpc) is 2.67. The Morgan fingerprint density at radius 1 is 1.44 bits per heavy atom. The Morgan fingerprint density at radius 3 is 2.88 bits per heavy atom. The van der Waals surface area contributed by atoms with Crippen LogP contribution in [0.15, 0.2) is 39.0 Å². The first-order valence-corrected chi connectivity index (χ1v) is 5.54. The van der Waals surface area contributed by atoms with E-state index in [4.69, 9.17) is 14.9 Å². The molecule has 0 aliphatic heterocycles. The number of aryl methyl sites for hydroxylation is 1. The highest BCUT2D eigenvalue weighted by Gasteiger charge is 2.08. The first-order chi connectivity index (χ1) is 7.69. The van der Waals surface area contributed by atoms with Crippen molar-refractivity contribution in [2.24, 2.45) is 0 Å². The molecule has 1 aromatic carbocycles. The molecular weight excluding hydrogens is 224 g/mol. The molecule has 2 N–H and O–H groups in total. The summed E-state index contributed by atoms with van der Waals surface area (Å²) < 4.78 is 10.4. The fourth-order valence-corrected chi connectivity index (χ4v) is 2.04. The van der Waals surface area contributed by atoms with Crippen molar-refractivity contribution >= 4 is 17.4 Å². The molecule has 0 bridgehead atoms. The number of rotatable bonds is 3. The van der Waals surface area contributed by atoms with Gasteiger partial charge in [0.2, 0.25) is 0 Å². The molecule has 0 saturated heterocycles. The summed E-state index contributed by atoms with van der Waals surface area (Å²) in [5.74, 6) is 0.764. The van der Waals surface area contributed by atoms with Gasteiger partial charge in [-0.1, -0.05) is 0 Å². The number of anilines is 1. The van der Waals surface area contributed by atoms with Crippen LogP contribution in [-0.2, 0) is 0 Å². The molecule has 0 amide bonds. The summed E-state index contributed by atoms with van der Waals surface area (Å²) in [5, 5.41) is 0.581. The van der Waals surface area contributed by atoms with Gasteiger partial charge in [0.25, 0.3) is 5.22 Å². The van der Waals surface area contributed by atoms with Gasteiger partial charge in [0.05, 0.1) is 12.8 Å². The Bertz CT molecular complexity index is 496. The third kappa shape index (κ3) is 2.30. The van der Waals surface area contributed by atoms with Crippen LogP contribution in [0.2, 0.25) is 0 Å². The second-order valence-electron chi connectivity index (χ2n) is 3.26. The van der Waals surface area contributed by atoms with Gasteiger partial charge in [-0.3, -0.25) is 0 Å². The summed E-state index contributed by atoms with van der Waals surface area (Å²) in [6.45, 7) is 1.88. The molecule has 0 atom stereocenters. The number of hydrogen-bond acceptors (Lipinski definition) is 5. The van der Waals surface area contributed by atoms with Crippen LogP contribution < -0.4 is 10.5 Å². The summed E-state index contributed by atoms with van der Waals surface area (Å²) in [5.41, 5.74) is 7.39. The number of methoxy groups -OCH3 is 1. The number of aromatic nitrogens is 1. The van der Waals surface area contributed by atoms with Crippen molar-refractivity contribution in [2.75, 3.05) is 12.8 Å². The zero-order chi connectivity index (χ0) is 11.5. The number of nitrogens with two attached hydrogens (primary N) is 1. The summed E-state index contributed by atoms with van der Waals surface area (Å²) in [4.78, 5) is 5.08. The van der Waals surface area contributed by atoms with E-state index < -0.39 is 0 Å². The Balaban J connectivity index is 2.26. The van der Waals surface area contributed by atoms with Crippen molar-refractivity contribution in [3.05, 3.63) is 30.2 Å². The topological polar surface area (TPSA) is 61.3 Å². The number of hydrogen-bond donors (Lipinski definition) is 1. The summed E-state index contributed by atoms with van der Waals surface area (Å²) in [6, 6.07) is 5.48. The lowest BCUT2D eigenvalue weighted by atomic mass is 10.3. The molecule has 5 heteroatoms. The molecule has 0 aliphatic carbocycles. The number of nitrogen functional groups attached to an aromatic ring is 1. The van der Waals surface area contributed by atoms with Crippen LogP contribution >= 0.6 is 11.8 Å². The minimum absolute atomic E-state index is 0.581. The molecule has 2 rings (SSSR count). The fraction of sp³-hybridized carbons (Fsp3) is 0.182. The standard InChI is InChI=1S/C11H12N2O2S/c1-7-6-15-11(13-7)16-10-5-8(14-2)3-4-9(10)12/h3-6H,12H2,1-2H3. The van der Waals surface area contributed by atoms with Gasteiger partial charge in [-0.25, -0.2) is 4.98 Å². The fourth-order valence-electron chi connectivity index (χ4n) is 1.20. The maximum atomic E-state index is 5.85. The number of oxazole rings is 1. The molecule has 1 aromatic heterocycles. The minimum atomic E-state index is 0.581. The number of ether oxygens (including phenoxy) is 1. The lowest BCUT2D eigenvalue weighted by Gasteiger charge is -2.05. The molecule has 0 aliphatic rings. The number of nitrogens with zero attached hydrogens (tertiary/aromatic N) is 1. The van der Waals surface area contributed by atoms with Crippen molar-refractivity contribution in [3.63, 3.8) is 0 Å². The molecule has 0 radical (unpaired) electrons. The van der Waals surface area contributed by atoms with E-state index in [0.717, 1.165) is 16.3 Å². The largest absolute Gasteiger partial charge is 0.497 e. The SMILES string of the molecule is COc1ccc(N)c(Sc2nc(C)co2)c1. The van der Waals surface area contributed by atoms with E-state index in [-0.39, 0.29) is 0 Å². The highest BCUT2D eigenvalue weighted by Crippen LogP contribution is 2.33. The van der Waals surface area contributed by atoms with E-state index >= 15 is 0 Å². The summed E-state index contributed by atoms with van der Waals surface area (Å²) in [6.07, 6.45) is 1.61. The molecule has 16 heavy (non-hydrogen) atoms. The first kappa shape index (κ1) is 10.9. The van der Waals surface area contributed by atoms with Gasteiger partial charge in [0, 0.05) is 10.6 Å². The van der Waals surface area contributed by atoms with Crippen LogP contribution in [0.25, 0.3) is 0 Å². The molecule has 0 fully saturated rings. The third-order valence-corrected chi connectivity index (χ3v) is 2.95. The van der Waals surface area contributed by atoms with Gasteiger partial charge >= 0.3 is 0 Å². The highest BCUT2D eigenvalue weighted by molar-refractivity contribution is 7.99.